The number of aromatic nitrogens is 1. The molecular weight excluding hydrogens is 270 g/mol. The highest BCUT2D eigenvalue weighted by atomic mass is 16.1. The van der Waals surface area contributed by atoms with E-state index < -0.39 is 0 Å². The summed E-state index contributed by atoms with van der Waals surface area (Å²) in [4.78, 5) is 16.1. The minimum Gasteiger partial charge on any atom is -0.298 e. The molecule has 0 saturated carbocycles. The molecule has 1 aromatic heterocycles. The Morgan fingerprint density at radius 1 is 0.909 bits per heavy atom. The van der Waals surface area contributed by atoms with Crippen LogP contribution in [0.1, 0.15) is 11.3 Å². The van der Waals surface area contributed by atoms with Gasteiger partial charge in [0.25, 0.3) is 0 Å². The summed E-state index contributed by atoms with van der Waals surface area (Å²) in [5.41, 5.74) is 3.97. The van der Waals surface area contributed by atoms with Gasteiger partial charge in [-0.2, -0.15) is 0 Å². The van der Waals surface area contributed by atoms with Crippen LogP contribution in [0.25, 0.3) is 16.5 Å². The number of hydrogen-bond donors (Lipinski definition) is 0. The van der Waals surface area contributed by atoms with Gasteiger partial charge in [0.1, 0.15) is 0 Å². The van der Waals surface area contributed by atoms with Gasteiger partial charge in [0.15, 0.2) is 6.29 Å². The third-order valence-electron chi connectivity index (χ3n) is 3.55. The fourth-order valence-corrected chi connectivity index (χ4v) is 2.48. The lowest BCUT2D eigenvalue weighted by Gasteiger charge is -2.10. The van der Waals surface area contributed by atoms with Crippen LogP contribution < -0.4 is 0 Å². The van der Waals surface area contributed by atoms with Crippen LogP contribution in [0.4, 0.5) is 0 Å². The molecule has 0 atom stereocenters. The van der Waals surface area contributed by atoms with E-state index in [1.54, 1.807) is 6.08 Å². The maximum absolute atomic E-state index is 11.4. The van der Waals surface area contributed by atoms with E-state index in [0.717, 1.165) is 34.0 Å². The lowest BCUT2D eigenvalue weighted by molar-refractivity contribution is -0.104. The van der Waals surface area contributed by atoms with Gasteiger partial charge in [-0.05, 0) is 17.7 Å². The van der Waals surface area contributed by atoms with Crippen LogP contribution in [0.2, 0.25) is 0 Å². The lowest BCUT2D eigenvalue weighted by Crippen LogP contribution is -1.97. The number of aldehydes is 1. The highest BCUT2D eigenvalue weighted by Crippen LogP contribution is 2.27. The van der Waals surface area contributed by atoms with Crippen molar-refractivity contribution in [3.8, 4) is 0 Å². The predicted octanol–water partition coefficient (Wildman–Crippen LogP) is 4.42. The van der Waals surface area contributed by atoms with Gasteiger partial charge >= 0.3 is 0 Å². The molecule has 0 N–H and O–H groups in total. The lowest BCUT2D eigenvalue weighted by atomic mass is 9.96. The summed E-state index contributed by atoms with van der Waals surface area (Å²) >= 11 is 0. The van der Waals surface area contributed by atoms with Crippen LogP contribution in [-0.4, -0.2) is 11.3 Å². The second kappa shape index (κ2) is 6.19. The number of allylic oxidation sites excluding steroid dienone is 2. The van der Waals surface area contributed by atoms with Crippen LogP contribution in [0.5, 0.6) is 0 Å². The van der Waals surface area contributed by atoms with Crippen molar-refractivity contribution in [2.24, 2.45) is 0 Å². The van der Waals surface area contributed by atoms with Gasteiger partial charge in [0.2, 0.25) is 0 Å². The molecule has 0 aliphatic rings. The third-order valence-corrected chi connectivity index (χ3v) is 3.55. The molecule has 2 nitrogen and oxygen atoms in total. The van der Waals surface area contributed by atoms with Crippen molar-refractivity contribution in [2.45, 2.75) is 0 Å². The molecule has 1 heterocycles. The topological polar surface area (TPSA) is 30.0 Å². The van der Waals surface area contributed by atoms with Crippen molar-refractivity contribution in [3.63, 3.8) is 0 Å². The molecule has 0 bridgehead atoms. The van der Waals surface area contributed by atoms with Crippen LogP contribution in [0, 0.1) is 0 Å². The predicted molar refractivity (Wildman–Crippen MR) is 90.5 cm³/mol. The normalized spacial score (nSPS) is 11.8. The first kappa shape index (κ1) is 14.0. The van der Waals surface area contributed by atoms with Gasteiger partial charge < -0.3 is 0 Å². The SMILES string of the molecule is C=CC(C=O)=C(c1ccccc1)c1ccc2ccccc2n1. The van der Waals surface area contributed by atoms with Crippen molar-refractivity contribution in [1.29, 1.82) is 0 Å². The zero-order chi connectivity index (χ0) is 15.4. The van der Waals surface area contributed by atoms with Gasteiger partial charge in [-0.3, -0.25) is 4.79 Å². The quantitative estimate of drug-likeness (QED) is 0.403. The molecular formula is C20H15NO. The maximum atomic E-state index is 11.4. The van der Waals surface area contributed by atoms with Gasteiger partial charge in [-0.25, -0.2) is 4.98 Å². The average molecular weight is 285 g/mol. The molecule has 0 unspecified atom stereocenters. The Bertz CT molecular complexity index is 853. The van der Waals surface area contributed by atoms with E-state index in [1.807, 2.05) is 66.7 Å². The maximum Gasteiger partial charge on any atom is 0.150 e. The summed E-state index contributed by atoms with van der Waals surface area (Å²) in [6, 6.07) is 21.7. The fourth-order valence-electron chi connectivity index (χ4n) is 2.48. The second-order valence-corrected chi connectivity index (χ2v) is 4.91. The summed E-state index contributed by atoms with van der Waals surface area (Å²) in [6.45, 7) is 3.75. The Balaban J connectivity index is 2.27. The number of carbonyl (C=O) groups excluding carboxylic acids is 1. The second-order valence-electron chi connectivity index (χ2n) is 4.91. The number of hydrogen-bond acceptors (Lipinski definition) is 2. The minimum atomic E-state index is 0.536. The number of fused-ring (bicyclic) bond motifs is 1. The Labute approximate surface area is 129 Å². The minimum absolute atomic E-state index is 0.536. The van der Waals surface area contributed by atoms with Crippen molar-refractivity contribution < 1.29 is 4.79 Å². The van der Waals surface area contributed by atoms with E-state index in [-0.39, 0.29) is 0 Å². The number of nitrogens with zero attached hydrogens (tertiary/aromatic N) is 1. The molecule has 0 amide bonds. The Morgan fingerprint density at radius 3 is 2.36 bits per heavy atom. The molecule has 0 radical (unpaired) electrons. The van der Waals surface area contributed by atoms with Gasteiger partial charge in [0, 0.05) is 16.5 Å². The molecule has 0 aliphatic heterocycles. The van der Waals surface area contributed by atoms with E-state index in [4.69, 9.17) is 4.98 Å². The first-order chi connectivity index (χ1) is 10.8. The van der Waals surface area contributed by atoms with Crippen LogP contribution in [0.15, 0.2) is 85.0 Å². The Hall–Kier alpha value is -3.00. The smallest absolute Gasteiger partial charge is 0.150 e. The molecule has 0 aliphatic carbocycles. The van der Waals surface area contributed by atoms with Gasteiger partial charge in [-0.15, -0.1) is 0 Å². The number of para-hydroxylation sites is 1. The third kappa shape index (κ3) is 2.59. The van der Waals surface area contributed by atoms with Crippen LogP contribution >= 0.6 is 0 Å². The molecule has 3 rings (SSSR count). The molecule has 2 aromatic carbocycles. The standard InChI is InChI=1S/C20H15NO/c1-2-15(14-22)20(17-9-4-3-5-10-17)19-13-12-16-8-6-7-11-18(16)21-19/h2-14H,1H2. The zero-order valence-electron chi connectivity index (χ0n) is 12.1. The first-order valence-corrected chi connectivity index (χ1v) is 7.07. The van der Waals surface area contributed by atoms with Crippen molar-refractivity contribution in [2.75, 3.05) is 0 Å². The summed E-state index contributed by atoms with van der Waals surface area (Å²) in [6.07, 6.45) is 2.40. The van der Waals surface area contributed by atoms with E-state index in [0.29, 0.717) is 5.57 Å². The molecule has 22 heavy (non-hydrogen) atoms. The van der Waals surface area contributed by atoms with E-state index in [2.05, 4.69) is 6.58 Å². The van der Waals surface area contributed by atoms with Crippen molar-refractivity contribution in [1.82, 2.24) is 4.98 Å². The van der Waals surface area contributed by atoms with Crippen LogP contribution in [-0.2, 0) is 4.79 Å². The highest BCUT2D eigenvalue weighted by molar-refractivity contribution is 5.97. The summed E-state index contributed by atoms with van der Waals surface area (Å²) in [7, 11) is 0. The fraction of sp³-hybridized carbons (Fsp3) is 0. The number of rotatable bonds is 4. The number of carbonyl (C=O) groups is 1. The van der Waals surface area contributed by atoms with Gasteiger partial charge in [-0.1, -0.05) is 67.3 Å². The number of benzene rings is 2. The summed E-state index contributed by atoms with van der Waals surface area (Å²) in [5.74, 6) is 0. The van der Waals surface area contributed by atoms with Crippen molar-refractivity contribution >= 4 is 22.8 Å². The average Bonchev–Trinajstić information content (AvgIpc) is 2.60. The van der Waals surface area contributed by atoms with E-state index in [1.165, 1.54) is 0 Å². The number of pyridine rings is 1. The summed E-state index contributed by atoms with van der Waals surface area (Å²) in [5, 5.41) is 1.07. The van der Waals surface area contributed by atoms with Crippen LogP contribution in [0.3, 0.4) is 0 Å². The molecule has 0 spiro atoms. The van der Waals surface area contributed by atoms with Crippen molar-refractivity contribution in [3.05, 3.63) is 96.2 Å². The monoisotopic (exact) mass is 285 g/mol. The van der Waals surface area contributed by atoms with E-state index in [9.17, 15) is 4.79 Å². The highest BCUT2D eigenvalue weighted by Gasteiger charge is 2.11. The molecule has 2 heteroatoms. The Morgan fingerprint density at radius 2 is 1.64 bits per heavy atom. The zero-order valence-corrected chi connectivity index (χ0v) is 12.1. The Kier molecular flexibility index (Phi) is 3.92. The largest absolute Gasteiger partial charge is 0.298 e. The van der Waals surface area contributed by atoms with Gasteiger partial charge in [0.05, 0.1) is 11.2 Å². The molecule has 0 saturated heterocycles. The summed E-state index contributed by atoms with van der Waals surface area (Å²) < 4.78 is 0. The molecule has 106 valence electrons. The van der Waals surface area contributed by atoms with E-state index >= 15 is 0 Å². The first-order valence-electron chi connectivity index (χ1n) is 7.07. The molecule has 0 fully saturated rings. The molecule has 3 aromatic rings.